The minimum Gasteiger partial charge on any atom is -0.379 e. The average molecular weight is 388 g/mol. The van der Waals surface area contributed by atoms with Crippen LogP contribution < -0.4 is 5.32 Å². The highest BCUT2D eigenvalue weighted by Crippen LogP contribution is 2.29. The van der Waals surface area contributed by atoms with Crippen LogP contribution >= 0.6 is 0 Å². The zero-order valence-electron chi connectivity index (χ0n) is 17.7. The second kappa shape index (κ2) is 10.8. The smallest absolute Gasteiger partial charge is 0.0780 e. The minimum absolute atomic E-state index is 0.247. The van der Waals surface area contributed by atoms with Crippen molar-refractivity contribution in [1.82, 2.24) is 0 Å². The molecule has 1 aliphatic carbocycles. The molecule has 1 saturated carbocycles. The normalized spacial score (nSPS) is 18.6. The van der Waals surface area contributed by atoms with Crippen LogP contribution in [0.3, 0.4) is 0 Å². The van der Waals surface area contributed by atoms with Gasteiger partial charge in [0.25, 0.3) is 0 Å². The molecule has 0 aliphatic heterocycles. The summed E-state index contributed by atoms with van der Waals surface area (Å²) >= 11 is 0. The van der Waals surface area contributed by atoms with Crippen LogP contribution in [0.15, 0.2) is 73.3 Å². The van der Waals surface area contributed by atoms with Gasteiger partial charge in [-0.15, -0.1) is 0 Å². The number of rotatable bonds is 6. The van der Waals surface area contributed by atoms with Gasteiger partial charge in [-0.2, -0.15) is 0 Å². The molecule has 0 radical (unpaired) electrons. The van der Waals surface area contributed by atoms with E-state index in [9.17, 15) is 0 Å². The predicted octanol–water partition coefficient (Wildman–Crippen LogP) is 7.45. The number of fused-ring (bicyclic) bond motifs is 1. The van der Waals surface area contributed by atoms with E-state index in [1.54, 1.807) is 0 Å². The summed E-state index contributed by atoms with van der Waals surface area (Å²) in [7, 11) is 0. The summed E-state index contributed by atoms with van der Waals surface area (Å²) in [5, 5.41) is 6.35. The van der Waals surface area contributed by atoms with Crippen molar-refractivity contribution in [2.24, 2.45) is 0 Å². The van der Waals surface area contributed by atoms with Crippen LogP contribution in [0.4, 0.5) is 5.69 Å². The van der Waals surface area contributed by atoms with E-state index in [4.69, 9.17) is 4.74 Å². The molecule has 0 heterocycles. The van der Waals surface area contributed by atoms with Gasteiger partial charge in [0.05, 0.1) is 18.8 Å². The van der Waals surface area contributed by atoms with Gasteiger partial charge in [-0.05, 0) is 35.4 Å². The molecule has 29 heavy (non-hydrogen) atoms. The maximum atomic E-state index is 6.35. The Morgan fingerprint density at radius 3 is 2.45 bits per heavy atom. The zero-order chi connectivity index (χ0) is 20.5. The Kier molecular flexibility index (Phi) is 7.89. The highest BCUT2D eigenvalue weighted by atomic mass is 16.5. The molecule has 152 valence electrons. The Balaban J connectivity index is 0.00000117. The van der Waals surface area contributed by atoms with Crippen LogP contribution in [0.25, 0.3) is 16.8 Å². The van der Waals surface area contributed by atoms with Crippen LogP contribution in [0, 0.1) is 0 Å². The van der Waals surface area contributed by atoms with Gasteiger partial charge in [0.15, 0.2) is 0 Å². The van der Waals surface area contributed by atoms with Gasteiger partial charge < -0.3 is 10.1 Å². The van der Waals surface area contributed by atoms with Gasteiger partial charge in [-0.1, -0.05) is 100 Å². The standard InChI is InChI=1S/C25H27NO.C2H6/c1-2-19-14-16-20(17-15-19)18-27-25-13-6-5-11-24(25)26-23-12-7-9-21-8-3-4-10-22(21)23;1-2/h2-4,7-10,12,14-17,24-26H,1,5-6,11,13,18H2;1-2H3. The summed E-state index contributed by atoms with van der Waals surface area (Å²) < 4.78 is 6.35. The van der Waals surface area contributed by atoms with E-state index < -0.39 is 0 Å². The first kappa shape index (κ1) is 21.1. The van der Waals surface area contributed by atoms with Crippen molar-refractivity contribution < 1.29 is 4.74 Å². The maximum absolute atomic E-state index is 6.35. The largest absolute Gasteiger partial charge is 0.379 e. The highest BCUT2D eigenvalue weighted by molar-refractivity contribution is 5.93. The van der Waals surface area contributed by atoms with Gasteiger partial charge in [0.2, 0.25) is 0 Å². The lowest BCUT2D eigenvalue weighted by Crippen LogP contribution is -2.38. The first-order valence-corrected chi connectivity index (χ1v) is 10.9. The summed E-state index contributed by atoms with van der Waals surface area (Å²) in [5.41, 5.74) is 3.57. The number of ether oxygens (including phenoxy) is 1. The van der Waals surface area contributed by atoms with E-state index in [0.717, 1.165) is 18.4 Å². The first-order valence-electron chi connectivity index (χ1n) is 10.9. The van der Waals surface area contributed by atoms with Crippen LogP contribution in [0.1, 0.15) is 50.7 Å². The third kappa shape index (κ3) is 5.48. The van der Waals surface area contributed by atoms with Crippen LogP contribution in [-0.2, 0) is 11.3 Å². The van der Waals surface area contributed by atoms with Crippen molar-refractivity contribution in [3.05, 3.63) is 84.4 Å². The first-order chi connectivity index (χ1) is 14.3. The highest BCUT2D eigenvalue weighted by Gasteiger charge is 2.26. The molecule has 2 unspecified atom stereocenters. The number of hydrogen-bond donors (Lipinski definition) is 1. The molecule has 0 spiro atoms. The van der Waals surface area contributed by atoms with Gasteiger partial charge in [0.1, 0.15) is 0 Å². The second-order valence-corrected chi connectivity index (χ2v) is 7.36. The molecule has 0 aromatic heterocycles. The zero-order valence-corrected chi connectivity index (χ0v) is 17.7. The fourth-order valence-corrected chi connectivity index (χ4v) is 3.97. The van der Waals surface area contributed by atoms with Gasteiger partial charge >= 0.3 is 0 Å². The van der Waals surface area contributed by atoms with Crippen LogP contribution in [0.5, 0.6) is 0 Å². The van der Waals surface area contributed by atoms with E-state index in [2.05, 4.69) is 78.6 Å². The molecule has 1 aliphatic rings. The topological polar surface area (TPSA) is 21.3 Å². The van der Waals surface area contributed by atoms with Crippen molar-refractivity contribution in [2.45, 2.75) is 58.3 Å². The van der Waals surface area contributed by atoms with Crippen molar-refractivity contribution in [2.75, 3.05) is 5.32 Å². The van der Waals surface area contributed by atoms with Gasteiger partial charge in [-0.3, -0.25) is 0 Å². The minimum atomic E-state index is 0.247. The monoisotopic (exact) mass is 387 g/mol. The van der Waals surface area contributed by atoms with Crippen LogP contribution in [0.2, 0.25) is 0 Å². The Morgan fingerprint density at radius 2 is 1.66 bits per heavy atom. The second-order valence-electron chi connectivity index (χ2n) is 7.36. The Bertz CT molecular complexity index is 895. The molecule has 0 amide bonds. The number of nitrogens with one attached hydrogen (secondary N) is 1. The summed E-state index contributed by atoms with van der Waals surface area (Å²) in [6.07, 6.45) is 6.90. The quantitative estimate of drug-likeness (QED) is 0.474. The Labute approximate surface area is 175 Å². The van der Waals surface area contributed by atoms with Crippen molar-refractivity contribution in [3.63, 3.8) is 0 Å². The third-order valence-corrected chi connectivity index (χ3v) is 5.51. The fourth-order valence-electron chi connectivity index (χ4n) is 3.97. The van der Waals surface area contributed by atoms with E-state index >= 15 is 0 Å². The molecule has 4 rings (SSSR count). The average Bonchev–Trinajstić information content (AvgIpc) is 2.80. The summed E-state index contributed by atoms with van der Waals surface area (Å²) in [6.45, 7) is 8.47. The van der Waals surface area contributed by atoms with E-state index in [1.807, 2.05) is 19.9 Å². The molecule has 2 atom stereocenters. The Morgan fingerprint density at radius 1 is 0.931 bits per heavy atom. The fraction of sp³-hybridized carbons (Fsp3) is 0.333. The number of benzene rings is 3. The van der Waals surface area contributed by atoms with Crippen LogP contribution in [-0.4, -0.2) is 12.1 Å². The molecular formula is C27H33NO. The lowest BCUT2D eigenvalue weighted by atomic mass is 9.91. The van der Waals surface area contributed by atoms with Gasteiger partial charge in [0, 0.05) is 11.1 Å². The van der Waals surface area contributed by atoms with E-state index in [-0.39, 0.29) is 6.10 Å². The van der Waals surface area contributed by atoms with Crippen molar-refractivity contribution in [3.8, 4) is 0 Å². The lowest BCUT2D eigenvalue weighted by molar-refractivity contribution is 0.00886. The Hall–Kier alpha value is -2.58. The molecule has 1 fully saturated rings. The molecular weight excluding hydrogens is 354 g/mol. The SMILES string of the molecule is C=Cc1ccc(COC2CCCCC2Nc2cccc3ccccc23)cc1.CC. The van der Waals surface area contributed by atoms with Crippen molar-refractivity contribution >= 4 is 22.5 Å². The van der Waals surface area contributed by atoms with Gasteiger partial charge in [-0.25, -0.2) is 0 Å². The summed E-state index contributed by atoms with van der Waals surface area (Å²) in [5.74, 6) is 0. The predicted molar refractivity (Wildman–Crippen MR) is 126 cm³/mol. The lowest BCUT2D eigenvalue weighted by Gasteiger charge is -2.33. The molecule has 2 heteroatoms. The molecule has 0 bridgehead atoms. The maximum Gasteiger partial charge on any atom is 0.0780 e. The number of anilines is 1. The molecule has 3 aromatic rings. The summed E-state index contributed by atoms with van der Waals surface area (Å²) in [6, 6.07) is 23.9. The third-order valence-electron chi connectivity index (χ3n) is 5.51. The number of hydrogen-bond acceptors (Lipinski definition) is 2. The molecule has 2 nitrogen and oxygen atoms in total. The van der Waals surface area contributed by atoms with E-state index in [0.29, 0.717) is 12.6 Å². The molecule has 1 N–H and O–H groups in total. The van der Waals surface area contributed by atoms with Crippen molar-refractivity contribution in [1.29, 1.82) is 0 Å². The molecule has 0 saturated heterocycles. The molecule has 3 aromatic carbocycles. The summed E-state index contributed by atoms with van der Waals surface area (Å²) in [4.78, 5) is 0. The van der Waals surface area contributed by atoms with E-state index in [1.165, 1.54) is 34.9 Å².